The Morgan fingerprint density at radius 3 is 2.55 bits per heavy atom. The Hall–Kier alpha value is -0.820. The molecular weight excluding hydrogens is 242 g/mol. The van der Waals surface area contributed by atoms with E-state index in [1.807, 2.05) is 0 Å². The maximum Gasteiger partial charge on any atom is 0.0119 e. The minimum atomic E-state index is 0.335. The van der Waals surface area contributed by atoms with Crippen LogP contribution in [0.3, 0.4) is 0 Å². The minimum Gasteiger partial charge on any atom is -0.314 e. The molecule has 1 aliphatic rings. The second-order valence-corrected chi connectivity index (χ2v) is 7.39. The normalized spacial score (nSPS) is 17.8. The number of hydrogen-bond donors (Lipinski definition) is 1. The van der Waals surface area contributed by atoms with Crippen molar-refractivity contribution in [3.8, 4) is 0 Å². The predicted molar refractivity (Wildman–Crippen MR) is 88.3 cm³/mol. The van der Waals surface area contributed by atoms with Crippen LogP contribution in [0.15, 0.2) is 24.3 Å². The highest BCUT2D eigenvalue weighted by molar-refractivity contribution is 5.27. The van der Waals surface area contributed by atoms with Gasteiger partial charge >= 0.3 is 0 Å². The number of benzene rings is 1. The summed E-state index contributed by atoms with van der Waals surface area (Å²) in [4.78, 5) is 0. The van der Waals surface area contributed by atoms with E-state index in [1.165, 1.54) is 37.7 Å². The lowest BCUT2D eigenvalue weighted by atomic mass is 9.79. The average Bonchev–Trinajstić information content (AvgIpc) is 2.31. The topological polar surface area (TPSA) is 12.0 Å². The number of hydrogen-bond acceptors (Lipinski definition) is 1. The van der Waals surface area contributed by atoms with E-state index in [2.05, 4.69) is 57.3 Å². The number of rotatable bonds is 6. The number of nitrogens with one attached hydrogen (secondary N) is 1. The van der Waals surface area contributed by atoms with Crippen LogP contribution in [-0.2, 0) is 6.42 Å². The molecule has 1 atom stereocenters. The summed E-state index contributed by atoms with van der Waals surface area (Å²) in [6.07, 6.45) is 6.62. The van der Waals surface area contributed by atoms with Gasteiger partial charge in [0.05, 0.1) is 0 Å². The average molecular weight is 273 g/mol. The van der Waals surface area contributed by atoms with E-state index in [0.717, 1.165) is 12.5 Å². The fourth-order valence-corrected chi connectivity index (χ4v) is 3.14. The molecule has 0 aliphatic heterocycles. The lowest BCUT2D eigenvalue weighted by molar-refractivity contribution is 0.258. The third kappa shape index (κ3) is 4.09. The van der Waals surface area contributed by atoms with Gasteiger partial charge in [0.2, 0.25) is 0 Å². The van der Waals surface area contributed by atoms with Gasteiger partial charge in [-0.1, -0.05) is 58.4 Å². The van der Waals surface area contributed by atoms with Crippen LogP contribution in [0.25, 0.3) is 0 Å². The van der Waals surface area contributed by atoms with Gasteiger partial charge in [0, 0.05) is 6.04 Å². The van der Waals surface area contributed by atoms with Crippen molar-refractivity contribution in [1.29, 1.82) is 0 Å². The molecule has 0 radical (unpaired) electrons. The highest BCUT2D eigenvalue weighted by Gasteiger charge is 2.23. The molecule has 1 saturated carbocycles. The second kappa shape index (κ2) is 6.76. The largest absolute Gasteiger partial charge is 0.314 e. The Kier molecular flexibility index (Phi) is 5.26. The van der Waals surface area contributed by atoms with Crippen LogP contribution in [0.5, 0.6) is 0 Å². The zero-order valence-electron chi connectivity index (χ0n) is 13.7. The molecule has 0 heterocycles. The van der Waals surface area contributed by atoms with Crippen LogP contribution in [0.4, 0.5) is 0 Å². The molecule has 1 aromatic carbocycles. The summed E-state index contributed by atoms with van der Waals surface area (Å²) in [6, 6.07) is 9.92. The molecule has 1 fully saturated rings. The van der Waals surface area contributed by atoms with Gasteiger partial charge in [0.25, 0.3) is 0 Å². The summed E-state index contributed by atoms with van der Waals surface area (Å²) in [6.45, 7) is 10.3. The highest BCUT2D eigenvalue weighted by Crippen LogP contribution is 2.36. The van der Waals surface area contributed by atoms with E-state index in [0.29, 0.717) is 11.5 Å². The van der Waals surface area contributed by atoms with Crippen LogP contribution in [0.1, 0.15) is 70.4 Å². The van der Waals surface area contributed by atoms with Gasteiger partial charge < -0.3 is 5.32 Å². The van der Waals surface area contributed by atoms with Crippen molar-refractivity contribution in [3.63, 3.8) is 0 Å². The molecule has 20 heavy (non-hydrogen) atoms. The molecule has 0 aromatic heterocycles. The van der Waals surface area contributed by atoms with Crippen molar-refractivity contribution in [2.75, 3.05) is 6.54 Å². The Labute approximate surface area is 125 Å². The summed E-state index contributed by atoms with van der Waals surface area (Å²) < 4.78 is 0. The first kappa shape index (κ1) is 15.6. The van der Waals surface area contributed by atoms with Crippen molar-refractivity contribution in [1.82, 2.24) is 5.32 Å². The van der Waals surface area contributed by atoms with Crippen LogP contribution in [-0.4, -0.2) is 12.6 Å². The molecule has 0 bridgehead atoms. The van der Waals surface area contributed by atoms with Crippen LogP contribution < -0.4 is 5.32 Å². The molecule has 1 heteroatoms. The Morgan fingerprint density at radius 1 is 1.25 bits per heavy atom. The van der Waals surface area contributed by atoms with E-state index < -0.39 is 0 Å². The molecule has 1 aromatic rings. The van der Waals surface area contributed by atoms with Crippen molar-refractivity contribution >= 4 is 0 Å². The Morgan fingerprint density at radius 2 is 2.00 bits per heavy atom. The molecule has 1 unspecified atom stereocenters. The summed E-state index contributed by atoms with van der Waals surface area (Å²) in [5.74, 6) is 0.849. The zero-order chi connectivity index (χ0) is 14.6. The lowest BCUT2D eigenvalue weighted by Gasteiger charge is -2.31. The smallest absolute Gasteiger partial charge is 0.0119 e. The maximum atomic E-state index is 3.65. The molecule has 1 N–H and O–H groups in total. The fourth-order valence-electron chi connectivity index (χ4n) is 3.14. The third-order valence-corrected chi connectivity index (χ3v) is 4.75. The Balaban J connectivity index is 1.95. The van der Waals surface area contributed by atoms with E-state index >= 15 is 0 Å². The summed E-state index contributed by atoms with van der Waals surface area (Å²) in [5.41, 5.74) is 3.42. The predicted octanol–water partition coefficient (Wildman–Crippen LogP) is 4.91. The van der Waals surface area contributed by atoms with E-state index in [9.17, 15) is 0 Å². The van der Waals surface area contributed by atoms with Crippen LogP contribution in [0.2, 0.25) is 0 Å². The molecule has 1 aliphatic carbocycles. The monoisotopic (exact) mass is 273 g/mol. The molecule has 112 valence electrons. The lowest BCUT2D eigenvalue weighted by Crippen LogP contribution is -2.40. The molecule has 2 rings (SSSR count). The molecule has 1 nitrogen and oxygen atoms in total. The molecular formula is C19H31N. The third-order valence-electron chi connectivity index (χ3n) is 4.75. The quantitative estimate of drug-likeness (QED) is 0.776. The minimum absolute atomic E-state index is 0.335. The van der Waals surface area contributed by atoms with Crippen molar-refractivity contribution in [2.24, 2.45) is 5.41 Å². The first-order chi connectivity index (χ1) is 9.50. The van der Waals surface area contributed by atoms with Gasteiger partial charge in [-0.2, -0.15) is 0 Å². The summed E-state index contributed by atoms with van der Waals surface area (Å²) in [5, 5.41) is 3.65. The van der Waals surface area contributed by atoms with Crippen LogP contribution in [0, 0.1) is 5.41 Å². The van der Waals surface area contributed by atoms with Gasteiger partial charge in [-0.05, 0) is 54.7 Å². The first-order valence-corrected chi connectivity index (χ1v) is 8.33. The van der Waals surface area contributed by atoms with E-state index in [-0.39, 0.29) is 0 Å². The maximum absolute atomic E-state index is 3.65. The fraction of sp³-hybridized carbons (Fsp3) is 0.684. The SMILES string of the molecule is CCNC(CCc1cccc(C2CCC2)c1)C(C)(C)C. The van der Waals surface area contributed by atoms with Crippen LogP contribution >= 0.6 is 0 Å². The van der Waals surface area contributed by atoms with Gasteiger partial charge in [-0.3, -0.25) is 0 Å². The van der Waals surface area contributed by atoms with Crippen molar-refractivity contribution in [3.05, 3.63) is 35.4 Å². The van der Waals surface area contributed by atoms with Gasteiger partial charge in [0.1, 0.15) is 0 Å². The molecule has 0 amide bonds. The van der Waals surface area contributed by atoms with Gasteiger partial charge in [-0.15, -0.1) is 0 Å². The first-order valence-electron chi connectivity index (χ1n) is 8.33. The standard InChI is InChI=1S/C19H31N/c1-5-20-18(19(2,3)4)13-12-15-8-6-11-17(14-15)16-9-7-10-16/h6,8,11,14,16,18,20H,5,7,9-10,12-13H2,1-4H3. The van der Waals surface area contributed by atoms with Crippen molar-refractivity contribution < 1.29 is 0 Å². The van der Waals surface area contributed by atoms with Gasteiger partial charge in [-0.25, -0.2) is 0 Å². The number of aryl methyl sites for hydroxylation is 1. The van der Waals surface area contributed by atoms with Gasteiger partial charge in [0.15, 0.2) is 0 Å². The Bertz CT molecular complexity index is 412. The van der Waals surface area contributed by atoms with E-state index in [4.69, 9.17) is 0 Å². The second-order valence-electron chi connectivity index (χ2n) is 7.39. The van der Waals surface area contributed by atoms with Crippen molar-refractivity contribution in [2.45, 2.75) is 71.8 Å². The highest BCUT2D eigenvalue weighted by atomic mass is 14.9. The summed E-state index contributed by atoms with van der Waals surface area (Å²) in [7, 11) is 0. The van der Waals surface area contributed by atoms with E-state index in [1.54, 1.807) is 5.56 Å². The zero-order valence-corrected chi connectivity index (χ0v) is 13.7. The molecule has 0 spiro atoms. The summed E-state index contributed by atoms with van der Waals surface area (Å²) >= 11 is 0. The molecule has 0 saturated heterocycles.